The molecule has 170 valence electrons. The number of aromatic amines is 1. The van der Waals surface area contributed by atoms with Gasteiger partial charge in [-0.2, -0.15) is 5.10 Å². The summed E-state index contributed by atoms with van der Waals surface area (Å²) in [5.74, 6) is -0.544. The van der Waals surface area contributed by atoms with Crippen molar-refractivity contribution in [3.8, 4) is 5.75 Å². The Morgan fingerprint density at radius 1 is 1.12 bits per heavy atom. The lowest BCUT2D eigenvalue weighted by Gasteiger charge is -2.16. The Labute approximate surface area is 190 Å². The van der Waals surface area contributed by atoms with E-state index in [2.05, 4.69) is 25.8 Å². The molecule has 3 aromatic rings. The van der Waals surface area contributed by atoms with E-state index in [4.69, 9.17) is 9.47 Å². The summed E-state index contributed by atoms with van der Waals surface area (Å²) in [5, 5.41) is 6.49. The molecule has 10 nitrogen and oxygen atoms in total. The fourth-order valence-corrected chi connectivity index (χ4v) is 2.77. The number of alkyl carbamates (subject to hydrolysis) is 1. The number of H-pyrrole nitrogens is 1. The van der Waals surface area contributed by atoms with Crippen LogP contribution < -0.4 is 15.5 Å². The molecule has 2 aromatic carbocycles. The molecule has 1 atom stereocenters. The number of hydrogen-bond acceptors (Lipinski definition) is 7. The molecule has 33 heavy (non-hydrogen) atoms. The number of rotatable bonds is 9. The van der Waals surface area contributed by atoms with Gasteiger partial charge in [0.05, 0.1) is 12.5 Å². The maximum Gasteiger partial charge on any atom is 0.408 e. The summed E-state index contributed by atoms with van der Waals surface area (Å²) < 4.78 is 10.2. The maximum absolute atomic E-state index is 12.7. The number of aromatic nitrogens is 2. The van der Waals surface area contributed by atoms with Gasteiger partial charge < -0.3 is 19.8 Å². The number of hydrogen-bond donors (Lipinski definition) is 3. The molecule has 0 aliphatic rings. The van der Waals surface area contributed by atoms with Gasteiger partial charge in [0.1, 0.15) is 18.4 Å². The van der Waals surface area contributed by atoms with Crippen molar-refractivity contribution in [2.45, 2.75) is 26.0 Å². The average molecular weight is 449 g/mol. The Morgan fingerprint density at radius 2 is 1.88 bits per heavy atom. The summed E-state index contributed by atoms with van der Waals surface area (Å²) in [7, 11) is 0. The van der Waals surface area contributed by atoms with Crippen molar-refractivity contribution in [2.75, 3.05) is 0 Å². The summed E-state index contributed by atoms with van der Waals surface area (Å²) in [6.45, 7) is 1.39. The van der Waals surface area contributed by atoms with Crippen molar-refractivity contribution in [1.29, 1.82) is 0 Å². The standard InChI is InChI=1S/C23H23N5O5/c1-16(29)33-20-9-7-17(8-10-20)12-26-28-22(30)21(11-19-13-24-15-25-19)27-23(31)32-14-18-5-3-2-4-6-18/h2-10,12-13,15,21H,11,14H2,1H3,(H,24,25)(H,27,31)(H,28,30)/b26-12-/t21-/m0/s1. The second kappa shape index (κ2) is 11.8. The van der Waals surface area contributed by atoms with Crippen LogP contribution in [0.15, 0.2) is 72.2 Å². The van der Waals surface area contributed by atoms with Crippen LogP contribution in [0.25, 0.3) is 0 Å². The normalized spacial score (nSPS) is 11.5. The lowest BCUT2D eigenvalue weighted by molar-refractivity contribution is -0.131. The summed E-state index contributed by atoms with van der Waals surface area (Å²) in [4.78, 5) is 42.7. The molecule has 0 radical (unpaired) electrons. The predicted molar refractivity (Wildman–Crippen MR) is 119 cm³/mol. The van der Waals surface area contributed by atoms with Gasteiger partial charge in [-0.15, -0.1) is 0 Å². The minimum absolute atomic E-state index is 0.0760. The van der Waals surface area contributed by atoms with Crippen LogP contribution >= 0.6 is 0 Å². The molecule has 0 spiro atoms. The van der Waals surface area contributed by atoms with E-state index in [9.17, 15) is 14.4 Å². The third-order valence-electron chi connectivity index (χ3n) is 4.33. The summed E-state index contributed by atoms with van der Waals surface area (Å²) in [6.07, 6.45) is 3.90. The van der Waals surface area contributed by atoms with Gasteiger partial charge >= 0.3 is 12.1 Å². The molecule has 0 aliphatic carbocycles. The van der Waals surface area contributed by atoms with Gasteiger partial charge in [0.2, 0.25) is 0 Å². The number of hydrazone groups is 1. The molecule has 3 rings (SSSR count). The highest BCUT2D eigenvalue weighted by atomic mass is 16.5. The second-order valence-electron chi connectivity index (χ2n) is 6.94. The predicted octanol–water partition coefficient (Wildman–Crippen LogP) is 2.32. The van der Waals surface area contributed by atoms with E-state index in [0.717, 1.165) is 5.56 Å². The van der Waals surface area contributed by atoms with Crippen LogP contribution in [-0.4, -0.2) is 40.2 Å². The van der Waals surface area contributed by atoms with Gasteiger partial charge in [-0.1, -0.05) is 30.3 Å². The van der Waals surface area contributed by atoms with Crippen molar-refractivity contribution in [1.82, 2.24) is 20.7 Å². The molecule has 0 aliphatic heterocycles. The molecule has 0 saturated heterocycles. The Balaban J connectivity index is 1.57. The van der Waals surface area contributed by atoms with Gasteiger partial charge in [-0.05, 0) is 35.4 Å². The van der Waals surface area contributed by atoms with Crippen molar-refractivity contribution < 1.29 is 23.9 Å². The largest absolute Gasteiger partial charge is 0.445 e. The Hall–Kier alpha value is -4.47. The van der Waals surface area contributed by atoms with Crippen LogP contribution in [0.2, 0.25) is 0 Å². The van der Waals surface area contributed by atoms with Gasteiger partial charge in [-0.3, -0.25) is 9.59 Å². The Kier molecular flexibility index (Phi) is 8.29. The summed E-state index contributed by atoms with van der Waals surface area (Å²) >= 11 is 0. The van der Waals surface area contributed by atoms with Crippen molar-refractivity contribution >= 4 is 24.2 Å². The van der Waals surface area contributed by atoms with Gasteiger partial charge in [0.15, 0.2) is 0 Å². The second-order valence-corrected chi connectivity index (χ2v) is 6.94. The van der Waals surface area contributed by atoms with Gasteiger partial charge in [0.25, 0.3) is 5.91 Å². The average Bonchev–Trinajstić information content (AvgIpc) is 3.32. The van der Waals surface area contributed by atoms with Crippen LogP contribution in [-0.2, 0) is 27.4 Å². The fraction of sp³-hybridized carbons (Fsp3) is 0.174. The lowest BCUT2D eigenvalue weighted by Crippen LogP contribution is -2.47. The van der Waals surface area contributed by atoms with Crippen molar-refractivity contribution in [3.05, 3.63) is 83.9 Å². The monoisotopic (exact) mass is 449 g/mol. The van der Waals surface area contributed by atoms with E-state index >= 15 is 0 Å². The van der Waals surface area contributed by atoms with Crippen LogP contribution in [0.5, 0.6) is 5.75 Å². The first-order valence-corrected chi connectivity index (χ1v) is 10.1. The fourth-order valence-electron chi connectivity index (χ4n) is 2.77. The zero-order chi connectivity index (χ0) is 23.5. The molecule has 10 heteroatoms. The van der Waals surface area contributed by atoms with Crippen LogP contribution in [0.1, 0.15) is 23.7 Å². The van der Waals surface area contributed by atoms with Crippen LogP contribution in [0, 0.1) is 0 Å². The zero-order valence-corrected chi connectivity index (χ0v) is 17.9. The SMILES string of the molecule is CC(=O)Oc1ccc(/C=N\NC(=O)[C@H](Cc2cnc[nH]2)NC(=O)OCc2ccccc2)cc1. The molecule has 1 heterocycles. The number of esters is 1. The molecule has 0 bridgehead atoms. The highest BCUT2D eigenvalue weighted by Crippen LogP contribution is 2.11. The zero-order valence-electron chi connectivity index (χ0n) is 17.9. The molecule has 1 aromatic heterocycles. The van der Waals surface area contributed by atoms with E-state index in [0.29, 0.717) is 17.0 Å². The molecule has 2 amide bonds. The number of benzene rings is 2. The highest BCUT2D eigenvalue weighted by Gasteiger charge is 2.22. The molecule has 0 saturated carbocycles. The maximum atomic E-state index is 12.7. The number of amides is 2. The number of nitrogens with zero attached hydrogens (tertiary/aromatic N) is 2. The highest BCUT2D eigenvalue weighted by molar-refractivity contribution is 5.87. The van der Waals surface area contributed by atoms with E-state index < -0.39 is 24.0 Å². The molecular weight excluding hydrogens is 426 g/mol. The number of carbonyl (C=O) groups is 3. The first kappa shape index (κ1) is 23.2. The minimum Gasteiger partial charge on any atom is -0.445 e. The lowest BCUT2D eigenvalue weighted by atomic mass is 10.1. The molecule has 0 fully saturated rings. The first-order valence-electron chi connectivity index (χ1n) is 10.1. The molecular formula is C23H23N5O5. The molecule has 0 unspecified atom stereocenters. The number of nitrogens with one attached hydrogen (secondary N) is 3. The van der Waals surface area contributed by atoms with Crippen molar-refractivity contribution in [2.24, 2.45) is 5.10 Å². The van der Waals surface area contributed by atoms with Gasteiger partial charge in [0, 0.05) is 25.2 Å². The van der Waals surface area contributed by atoms with E-state index in [1.54, 1.807) is 30.5 Å². The first-order chi connectivity index (χ1) is 16.0. The Morgan fingerprint density at radius 3 is 2.55 bits per heavy atom. The number of carbonyl (C=O) groups excluding carboxylic acids is 3. The van der Waals surface area contributed by atoms with E-state index in [1.165, 1.54) is 19.5 Å². The van der Waals surface area contributed by atoms with Crippen molar-refractivity contribution in [3.63, 3.8) is 0 Å². The summed E-state index contributed by atoms with van der Waals surface area (Å²) in [5.41, 5.74) is 4.56. The van der Waals surface area contributed by atoms with Crippen LogP contribution in [0.3, 0.4) is 0 Å². The third-order valence-corrected chi connectivity index (χ3v) is 4.33. The van der Waals surface area contributed by atoms with E-state index in [1.807, 2.05) is 30.3 Å². The summed E-state index contributed by atoms with van der Waals surface area (Å²) in [6, 6.07) is 14.8. The minimum atomic E-state index is -0.947. The van der Waals surface area contributed by atoms with E-state index in [-0.39, 0.29) is 13.0 Å². The number of imidazole rings is 1. The molecule has 3 N–H and O–H groups in total. The topological polar surface area (TPSA) is 135 Å². The smallest absolute Gasteiger partial charge is 0.408 e. The quantitative estimate of drug-likeness (QED) is 0.199. The number of ether oxygens (including phenoxy) is 2. The van der Waals surface area contributed by atoms with Gasteiger partial charge in [-0.25, -0.2) is 15.2 Å². The third kappa shape index (κ3) is 7.94. The Bertz CT molecular complexity index is 1080. The van der Waals surface area contributed by atoms with Crippen LogP contribution in [0.4, 0.5) is 4.79 Å².